The molecule has 1 aliphatic heterocycles. The highest BCUT2D eigenvalue weighted by Gasteiger charge is 2.23. The average molecular weight is 569 g/mol. The first-order valence-electron chi connectivity index (χ1n) is 11.2. The number of hydrogen-bond donors (Lipinski definition) is 2. The smallest absolute Gasteiger partial charge is 0.203 e. The molecule has 0 amide bonds. The highest BCUT2D eigenvalue weighted by atomic mass is 127. The quantitative estimate of drug-likeness (QED) is 0.271. The molecule has 182 valence electrons. The molecule has 0 aromatic heterocycles. The van der Waals surface area contributed by atoms with Crippen LogP contribution in [0.1, 0.15) is 24.5 Å². The van der Waals surface area contributed by atoms with E-state index in [2.05, 4.69) is 53.6 Å². The number of benzene rings is 2. The molecule has 1 atom stereocenters. The van der Waals surface area contributed by atoms with Gasteiger partial charge < -0.3 is 29.7 Å². The number of halogens is 1. The number of ether oxygens (including phenoxy) is 3. The van der Waals surface area contributed by atoms with Gasteiger partial charge >= 0.3 is 0 Å². The lowest BCUT2D eigenvalue weighted by molar-refractivity contribution is 0.322. The van der Waals surface area contributed by atoms with Gasteiger partial charge in [-0.15, -0.1) is 24.0 Å². The van der Waals surface area contributed by atoms with Crippen molar-refractivity contribution in [3.8, 4) is 17.2 Å². The number of nitrogens with one attached hydrogen (secondary N) is 2. The van der Waals surface area contributed by atoms with Gasteiger partial charge in [-0.2, -0.15) is 0 Å². The van der Waals surface area contributed by atoms with E-state index < -0.39 is 0 Å². The van der Waals surface area contributed by atoms with Gasteiger partial charge in [-0.05, 0) is 44.9 Å². The van der Waals surface area contributed by atoms with Crippen molar-refractivity contribution >= 4 is 35.6 Å². The maximum atomic E-state index is 5.59. The predicted octanol–water partition coefficient (Wildman–Crippen LogP) is 4.02. The fraction of sp³-hybridized carbons (Fsp3) is 0.480. The van der Waals surface area contributed by atoms with Crippen LogP contribution in [0.4, 0.5) is 5.69 Å². The van der Waals surface area contributed by atoms with Gasteiger partial charge in [0, 0.05) is 43.5 Å². The van der Waals surface area contributed by atoms with Crippen molar-refractivity contribution in [2.45, 2.75) is 32.7 Å². The lowest BCUT2D eigenvalue weighted by atomic mass is 10.1. The third-order valence-corrected chi connectivity index (χ3v) is 5.71. The lowest BCUT2D eigenvalue weighted by Crippen LogP contribution is -2.44. The molecule has 1 unspecified atom stereocenters. The molecule has 33 heavy (non-hydrogen) atoms. The van der Waals surface area contributed by atoms with E-state index in [9.17, 15) is 0 Å². The van der Waals surface area contributed by atoms with Gasteiger partial charge in [-0.25, -0.2) is 0 Å². The average Bonchev–Trinajstić information content (AvgIpc) is 3.27. The summed E-state index contributed by atoms with van der Waals surface area (Å²) in [7, 11) is 4.89. The van der Waals surface area contributed by atoms with E-state index in [1.165, 1.54) is 11.3 Å². The Morgan fingerprint density at radius 1 is 1.03 bits per heavy atom. The van der Waals surface area contributed by atoms with Crippen molar-refractivity contribution in [1.82, 2.24) is 10.6 Å². The van der Waals surface area contributed by atoms with Gasteiger partial charge in [0.15, 0.2) is 17.5 Å². The molecule has 1 aliphatic rings. The van der Waals surface area contributed by atoms with E-state index >= 15 is 0 Å². The van der Waals surface area contributed by atoms with Crippen LogP contribution in [0.5, 0.6) is 17.2 Å². The standard InChI is InChI=1S/C25H36N4O3.HI/c1-6-26-25(28-20-14-16-29(17-20)21-10-7-18(2)8-11-21)27-15-13-19-9-12-22(30-3)24(32-5)23(19)31-4;/h7-12,20H,6,13-17H2,1-5H3,(H2,26,27,28);1H. The summed E-state index contributed by atoms with van der Waals surface area (Å²) in [6.07, 6.45) is 1.82. The lowest BCUT2D eigenvalue weighted by Gasteiger charge is -2.20. The largest absolute Gasteiger partial charge is 0.493 e. The third-order valence-electron chi connectivity index (χ3n) is 5.71. The normalized spacial score (nSPS) is 15.6. The van der Waals surface area contributed by atoms with Gasteiger partial charge in [-0.1, -0.05) is 23.8 Å². The van der Waals surface area contributed by atoms with Gasteiger partial charge in [-0.3, -0.25) is 4.99 Å². The fourth-order valence-electron chi connectivity index (χ4n) is 4.03. The summed E-state index contributed by atoms with van der Waals surface area (Å²) in [5, 5.41) is 6.98. The molecule has 0 aliphatic carbocycles. The zero-order valence-corrected chi connectivity index (χ0v) is 22.6. The zero-order chi connectivity index (χ0) is 22.9. The molecule has 2 N–H and O–H groups in total. The molecule has 0 saturated carbocycles. The van der Waals surface area contributed by atoms with Crippen LogP contribution in [0.2, 0.25) is 0 Å². The molecule has 7 nitrogen and oxygen atoms in total. The minimum atomic E-state index is 0. The molecule has 1 heterocycles. The molecule has 1 saturated heterocycles. The van der Waals surface area contributed by atoms with Crippen molar-refractivity contribution in [1.29, 1.82) is 0 Å². The summed E-state index contributed by atoms with van der Waals surface area (Å²) in [4.78, 5) is 7.23. The summed E-state index contributed by atoms with van der Waals surface area (Å²) in [5.41, 5.74) is 3.61. The third kappa shape index (κ3) is 7.06. The van der Waals surface area contributed by atoms with E-state index in [4.69, 9.17) is 19.2 Å². The highest BCUT2D eigenvalue weighted by molar-refractivity contribution is 14.0. The van der Waals surface area contributed by atoms with Crippen LogP contribution in [0.25, 0.3) is 0 Å². The number of guanidine groups is 1. The Labute approximate surface area is 214 Å². The first-order chi connectivity index (χ1) is 15.6. The minimum Gasteiger partial charge on any atom is -0.493 e. The predicted molar refractivity (Wildman–Crippen MR) is 146 cm³/mol. The van der Waals surface area contributed by atoms with E-state index in [0.29, 0.717) is 29.8 Å². The molecule has 1 fully saturated rings. The number of aryl methyl sites for hydroxylation is 1. The number of rotatable bonds is 9. The second-order valence-corrected chi connectivity index (χ2v) is 7.92. The highest BCUT2D eigenvalue weighted by Crippen LogP contribution is 2.39. The topological polar surface area (TPSA) is 67.4 Å². The second kappa shape index (κ2) is 13.4. The molecule has 0 radical (unpaired) electrons. The van der Waals surface area contributed by atoms with Gasteiger partial charge in [0.05, 0.1) is 21.3 Å². The van der Waals surface area contributed by atoms with Crippen LogP contribution in [0.3, 0.4) is 0 Å². The number of anilines is 1. The molecule has 2 aromatic carbocycles. The maximum Gasteiger partial charge on any atom is 0.203 e. The van der Waals surface area contributed by atoms with Crippen LogP contribution in [-0.4, -0.2) is 59.5 Å². The fourth-order valence-corrected chi connectivity index (χ4v) is 4.03. The zero-order valence-electron chi connectivity index (χ0n) is 20.3. The van der Waals surface area contributed by atoms with Crippen molar-refractivity contribution < 1.29 is 14.2 Å². The number of aliphatic imine (C=N–C) groups is 1. The van der Waals surface area contributed by atoms with Crippen LogP contribution >= 0.6 is 24.0 Å². The van der Waals surface area contributed by atoms with E-state index in [1.54, 1.807) is 21.3 Å². The van der Waals surface area contributed by atoms with E-state index in [0.717, 1.165) is 44.0 Å². The van der Waals surface area contributed by atoms with Gasteiger partial charge in [0.2, 0.25) is 5.75 Å². The SMILES string of the molecule is CCNC(=NCCc1ccc(OC)c(OC)c1OC)NC1CCN(c2ccc(C)cc2)C1.I. The Morgan fingerprint density at radius 3 is 2.39 bits per heavy atom. The molecular formula is C25H37IN4O3. The van der Waals surface area contributed by atoms with Crippen molar-refractivity contribution in [3.05, 3.63) is 47.5 Å². The van der Waals surface area contributed by atoms with Crippen LogP contribution in [-0.2, 0) is 6.42 Å². The molecule has 2 aromatic rings. The van der Waals surface area contributed by atoms with E-state index in [-0.39, 0.29) is 24.0 Å². The van der Waals surface area contributed by atoms with Crippen molar-refractivity contribution in [2.75, 3.05) is 52.4 Å². The maximum absolute atomic E-state index is 5.59. The van der Waals surface area contributed by atoms with Gasteiger partial charge in [0.25, 0.3) is 0 Å². The number of nitrogens with zero attached hydrogens (tertiary/aromatic N) is 2. The first kappa shape index (κ1) is 26.9. The molecule has 8 heteroatoms. The Hall–Kier alpha value is -2.36. The van der Waals surface area contributed by atoms with Crippen molar-refractivity contribution in [2.24, 2.45) is 4.99 Å². The summed E-state index contributed by atoms with van der Waals surface area (Å²) < 4.78 is 16.5. The summed E-state index contributed by atoms with van der Waals surface area (Å²) in [5.74, 6) is 2.82. The Kier molecular flexibility index (Phi) is 10.9. The second-order valence-electron chi connectivity index (χ2n) is 7.92. The summed E-state index contributed by atoms with van der Waals surface area (Å²) >= 11 is 0. The van der Waals surface area contributed by atoms with Gasteiger partial charge in [0.1, 0.15) is 0 Å². The Bertz CT molecular complexity index is 905. The van der Waals surface area contributed by atoms with Crippen molar-refractivity contribution in [3.63, 3.8) is 0 Å². The number of hydrogen-bond acceptors (Lipinski definition) is 5. The Balaban J connectivity index is 0.00000385. The molecular weight excluding hydrogens is 531 g/mol. The minimum absolute atomic E-state index is 0. The monoisotopic (exact) mass is 568 g/mol. The van der Waals surface area contributed by atoms with Crippen LogP contribution in [0.15, 0.2) is 41.4 Å². The van der Waals surface area contributed by atoms with Crippen LogP contribution < -0.4 is 29.7 Å². The summed E-state index contributed by atoms with van der Waals surface area (Å²) in [6.45, 7) is 7.67. The van der Waals surface area contributed by atoms with Crippen LogP contribution in [0, 0.1) is 6.92 Å². The Morgan fingerprint density at radius 2 is 1.76 bits per heavy atom. The molecule has 0 bridgehead atoms. The summed E-state index contributed by atoms with van der Waals surface area (Å²) in [6, 6.07) is 13.0. The first-order valence-corrected chi connectivity index (χ1v) is 11.2. The molecule has 3 rings (SSSR count). The number of methoxy groups -OCH3 is 3. The van der Waals surface area contributed by atoms with E-state index in [1.807, 2.05) is 12.1 Å². The molecule has 0 spiro atoms.